The Labute approximate surface area is 110 Å². The van der Waals surface area contributed by atoms with Crippen molar-refractivity contribution in [3.63, 3.8) is 0 Å². The Kier molecular flexibility index (Phi) is 7.82. The van der Waals surface area contributed by atoms with E-state index < -0.39 is 0 Å². The molecule has 0 spiro atoms. The van der Waals surface area contributed by atoms with Crippen LogP contribution in [0.15, 0.2) is 30.7 Å². The van der Waals surface area contributed by atoms with Crippen LogP contribution in [0.3, 0.4) is 0 Å². The van der Waals surface area contributed by atoms with Gasteiger partial charge in [0.1, 0.15) is 0 Å². The molecule has 0 N–H and O–H groups in total. The summed E-state index contributed by atoms with van der Waals surface area (Å²) < 4.78 is 0. The van der Waals surface area contributed by atoms with E-state index in [-0.39, 0.29) is 32.7 Å². The summed E-state index contributed by atoms with van der Waals surface area (Å²) in [6.07, 6.45) is 10.1. The maximum Gasteiger partial charge on any atom is 0.00673 e. The van der Waals surface area contributed by atoms with Gasteiger partial charge in [-0.15, -0.1) is 16.8 Å². The van der Waals surface area contributed by atoms with Gasteiger partial charge in [0.2, 0.25) is 0 Å². The van der Waals surface area contributed by atoms with Crippen molar-refractivity contribution in [1.29, 1.82) is 0 Å². The van der Waals surface area contributed by atoms with Crippen molar-refractivity contribution in [1.82, 2.24) is 9.97 Å². The maximum absolute atomic E-state index is 3.94. The molecule has 0 aliphatic rings. The van der Waals surface area contributed by atoms with Gasteiger partial charge in [-0.1, -0.05) is 12.3 Å². The molecule has 3 heteroatoms. The zero-order chi connectivity index (χ0) is 9.52. The number of hydrogen-bond acceptors (Lipinski definition) is 2. The molecule has 0 unspecified atom stereocenters. The average molecular weight is 261 g/mol. The van der Waals surface area contributed by atoms with E-state index in [2.05, 4.69) is 16.2 Å². The second-order valence-electron chi connectivity index (χ2n) is 2.60. The zero-order valence-electron chi connectivity index (χ0n) is 8.44. The number of nitrogens with zero attached hydrogens (tertiary/aromatic N) is 2. The Balaban J connectivity index is 0.000000381. The predicted octanol–water partition coefficient (Wildman–Crippen LogP) is 2.66. The Hall–Kier alpha value is -0.336. The second kappa shape index (κ2) is 8.01. The first-order chi connectivity index (χ1) is 6.38. The third-order valence-corrected chi connectivity index (χ3v) is 1.37. The Bertz CT molecular complexity index is 297. The first kappa shape index (κ1) is 13.7. The van der Waals surface area contributed by atoms with E-state index in [1.807, 2.05) is 32.4 Å². The van der Waals surface area contributed by atoms with E-state index in [0.717, 1.165) is 10.8 Å². The molecule has 0 aliphatic heterocycles. The van der Waals surface area contributed by atoms with Crippen LogP contribution in [0.1, 0.15) is 13.8 Å². The minimum atomic E-state index is 0. The van der Waals surface area contributed by atoms with Crippen LogP contribution in [0.4, 0.5) is 0 Å². The van der Waals surface area contributed by atoms with Crippen LogP contribution in [-0.2, 0) is 32.7 Å². The summed E-state index contributed by atoms with van der Waals surface area (Å²) in [6, 6.07) is 3.88. The number of aromatic nitrogens is 2. The molecule has 0 fully saturated rings. The summed E-state index contributed by atoms with van der Waals surface area (Å²) in [5.74, 6) is 0. The van der Waals surface area contributed by atoms with E-state index in [0.29, 0.717) is 0 Å². The van der Waals surface area contributed by atoms with Crippen molar-refractivity contribution >= 4 is 10.8 Å². The monoisotopic (exact) mass is 261 g/mol. The third-order valence-electron chi connectivity index (χ3n) is 1.37. The summed E-state index contributed by atoms with van der Waals surface area (Å²) in [6.45, 7) is 4.00. The fraction of sp³-hybridized carbons (Fsp3) is 0.182. The van der Waals surface area contributed by atoms with Gasteiger partial charge in [0.05, 0.1) is 0 Å². The SMILES string of the molecule is C[CH-]C.[Y].[c-]1nccc2ccncc12. The van der Waals surface area contributed by atoms with Crippen LogP contribution >= 0.6 is 0 Å². The van der Waals surface area contributed by atoms with Gasteiger partial charge < -0.3 is 16.4 Å². The number of rotatable bonds is 0. The minimum Gasteiger partial charge on any atom is -0.360 e. The average Bonchev–Trinajstić information content (AvgIpc) is 2.19. The minimum absolute atomic E-state index is 0. The molecule has 0 aromatic carbocycles. The molecule has 0 bridgehead atoms. The van der Waals surface area contributed by atoms with Gasteiger partial charge in [-0.3, -0.25) is 0 Å². The molecule has 2 rings (SSSR count). The molecule has 71 valence electrons. The Morgan fingerprint density at radius 3 is 2.50 bits per heavy atom. The van der Waals surface area contributed by atoms with Crippen molar-refractivity contribution in [2.45, 2.75) is 13.8 Å². The van der Waals surface area contributed by atoms with Gasteiger partial charge in [-0.05, 0) is 12.4 Å². The molecule has 2 nitrogen and oxygen atoms in total. The van der Waals surface area contributed by atoms with Crippen LogP contribution in [0, 0.1) is 12.6 Å². The van der Waals surface area contributed by atoms with Gasteiger partial charge in [0, 0.05) is 38.9 Å². The molecule has 0 atom stereocenters. The van der Waals surface area contributed by atoms with Gasteiger partial charge >= 0.3 is 0 Å². The molecule has 0 saturated carbocycles. The fourth-order valence-corrected chi connectivity index (χ4v) is 0.868. The van der Waals surface area contributed by atoms with Gasteiger partial charge in [-0.2, -0.15) is 13.8 Å². The zero-order valence-corrected chi connectivity index (χ0v) is 11.3. The summed E-state index contributed by atoms with van der Waals surface area (Å²) in [5, 5.41) is 2.09. The van der Waals surface area contributed by atoms with Crippen LogP contribution in [0.5, 0.6) is 0 Å². The Morgan fingerprint density at radius 2 is 1.86 bits per heavy atom. The van der Waals surface area contributed by atoms with Gasteiger partial charge in [0.15, 0.2) is 0 Å². The third kappa shape index (κ3) is 4.25. The van der Waals surface area contributed by atoms with E-state index in [1.54, 1.807) is 18.6 Å². The van der Waals surface area contributed by atoms with Crippen molar-refractivity contribution in [3.8, 4) is 0 Å². The topological polar surface area (TPSA) is 25.8 Å². The second-order valence-corrected chi connectivity index (χ2v) is 2.60. The molecule has 2 aromatic rings. The van der Waals surface area contributed by atoms with E-state index in [9.17, 15) is 0 Å². The van der Waals surface area contributed by atoms with Crippen molar-refractivity contribution < 1.29 is 32.7 Å². The first-order valence-electron chi connectivity index (χ1n) is 4.19. The standard InChI is InChI=1S/C8H5N2.C3H7.Y/c1-3-9-5-8-6-10-4-2-7(1)8;1-3-2;/h1-5H;3H,1-2H3;/q2*-1;. The number of hydrogen-bond donors (Lipinski definition) is 0. The summed E-state index contributed by atoms with van der Waals surface area (Å²) >= 11 is 0. The van der Waals surface area contributed by atoms with E-state index >= 15 is 0 Å². The quantitative estimate of drug-likeness (QED) is 0.681. The number of pyridine rings is 2. The normalized spacial score (nSPS) is 8.43. The molecule has 14 heavy (non-hydrogen) atoms. The molecular weight excluding hydrogens is 249 g/mol. The largest absolute Gasteiger partial charge is 0.360 e. The first-order valence-corrected chi connectivity index (χ1v) is 4.19. The van der Waals surface area contributed by atoms with Gasteiger partial charge in [0.25, 0.3) is 0 Å². The summed E-state index contributed by atoms with van der Waals surface area (Å²) in [7, 11) is 0. The fourth-order valence-electron chi connectivity index (χ4n) is 0.868. The molecule has 0 amide bonds. The Morgan fingerprint density at radius 1 is 1.21 bits per heavy atom. The van der Waals surface area contributed by atoms with E-state index in [4.69, 9.17) is 0 Å². The van der Waals surface area contributed by atoms with Crippen molar-refractivity contribution in [2.24, 2.45) is 0 Å². The van der Waals surface area contributed by atoms with E-state index in [1.165, 1.54) is 0 Å². The molecule has 2 aromatic heterocycles. The molecular formula is C11H12N2Y-2. The maximum atomic E-state index is 3.94. The molecule has 1 radical (unpaired) electrons. The van der Waals surface area contributed by atoms with Crippen LogP contribution in [0.25, 0.3) is 10.8 Å². The van der Waals surface area contributed by atoms with Crippen LogP contribution < -0.4 is 0 Å². The van der Waals surface area contributed by atoms with Crippen molar-refractivity contribution in [3.05, 3.63) is 43.3 Å². The summed E-state index contributed by atoms with van der Waals surface area (Å²) in [5.41, 5.74) is 0. The smallest absolute Gasteiger partial charge is 0.00673 e. The predicted molar refractivity (Wildman–Crippen MR) is 54.0 cm³/mol. The number of fused-ring (bicyclic) bond motifs is 1. The summed E-state index contributed by atoms with van der Waals surface area (Å²) in [4.78, 5) is 7.79. The van der Waals surface area contributed by atoms with Gasteiger partial charge in [-0.25, -0.2) is 0 Å². The molecule has 0 aliphatic carbocycles. The van der Waals surface area contributed by atoms with Crippen molar-refractivity contribution in [2.75, 3.05) is 0 Å². The molecule has 2 heterocycles. The molecule has 0 saturated heterocycles. The van der Waals surface area contributed by atoms with Crippen LogP contribution in [0.2, 0.25) is 0 Å². The van der Waals surface area contributed by atoms with Crippen LogP contribution in [-0.4, -0.2) is 9.97 Å².